The van der Waals surface area contributed by atoms with Crippen LogP contribution in [-0.4, -0.2) is 36.7 Å². The summed E-state index contributed by atoms with van der Waals surface area (Å²) in [6.45, 7) is 3.35. The predicted octanol–water partition coefficient (Wildman–Crippen LogP) is 0.250. The third-order valence-corrected chi connectivity index (χ3v) is 2.45. The van der Waals surface area contributed by atoms with E-state index in [0.29, 0.717) is 19.8 Å². The molecule has 1 rings (SSSR count). The number of nitrogens with one attached hydrogen (secondary N) is 1. The first-order valence-corrected chi connectivity index (χ1v) is 5.17. The van der Waals surface area contributed by atoms with Crippen LogP contribution in [-0.2, 0) is 14.3 Å². The highest BCUT2D eigenvalue weighted by atomic mass is 16.5. The van der Waals surface area contributed by atoms with E-state index in [-0.39, 0.29) is 24.2 Å². The van der Waals surface area contributed by atoms with Crippen LogP contribution in [0.2, 0.25) is 0 Å². The molecule has 0 spiro atoms. The van der Waals surface area contributed by atoms with Crippen molar-refractivity contribution in [3.8, 4) is 0 Å². The molecule has 15 heavy (non-hydrogen) atoms. The number of carboxylic acid groups (broad SMARTS) is 1. The third-order valence-electron chi connectivity index (χ3n) is 2.45. The van der Waals surface area contributed by atoms with Crippen LogP contribution < -0.4 is 5.32 Å². The minimum Gasteiger partial charge on any atom is -0.481 e. The van der Waals surface area contributed by atoms with E-state index in [1.807, 2.05) is 0 Å². The molecule has 0 saturated carbocycles. The number of hydrogen-bond donors (Lipinski definition) is 2. The molecule has 1 aliphatic rings. The van der Waals surface area contributed by atoms with Gasteiger partial charge in [0.25, 0.3) is 0 Å². The van der Waals surface area contributed by atoms with Gasteiger partial charge in [-0.1, -0.05) is 6.92 Å². The van der Waals surface area contributed by atoms with Crippen LogP contribution >= 0.6 is 0 Å². The first kappa shape index (κ1) is 12.0. The lowest BCUT2D eigenvalue weighted by Crippen LogP contribution is -2.34. The topological polar surface area (TPSA) is 75.6 Å². The Kier molecular flexibility index (Phi) is 4.55. The van der Waals surface area contributed by atoms with E-state index >= 15 is 0 Å². The summed E-state index contributed by atoms with van der Waals surface area (Å²) >= 11 is 0. The van der Waals surface area contributed by atoms with E-state index in [1.54, 1.807) is 6.92 Å². The lowest BCUT2D eigenvalue weighted by atomic mass is 10.1. The normalized spacial score (nSPS) is 22.3. The van der Waals surface area contributed by atoms with Gasteiger partial charge >= 0.3 is 5.97 Å². The molecule has 0 aromatic carbocycles. The van der Waals surface area contributed by atoms with Gasteiger partial charge in [0, 0.05) is 19.6 Å². The summed E-state index contributed by atoms with van der Waals surface area (Å²) in [5.41, 5.74) is 0. The van der Waals surface area contributed by atoms with Gasteiger partial charge in [0.2, 0.25) is 5.91 Å². The first-order valence-electron chi connectivity index (χ1n) is 5.17. The molecule has 1 aliphatic heterocycles. The molecule has 2 atom stereocenters. The van der Waals surface area contributed by atoms with Gasteiger partial charge in [-0.25, -0.2) is 0 Å². The Morgan fingerprint density at radius 3 is 2.87 bits per heavy atom. The Labute approximate surface area is 88.8 Å². The summed E-state index contributed by atoms with van der Waals surface area (Å²) in [6.07, 6.45) is 0.848. The van der Waals surface area contributed by atoms with Crippen molar-refractivity contribution in [1.82, 2.24) is 5.32 Å². The zero-order valence-electron chi connectivity index (χ0n) is 8.86. The molecule has 0 aliphatic carbocycles. The van der Waals surface area contributed by atoms with Crippen LogP contribution in [0.25, 0.3) is 0 Å². The molecule has 0 bridgehead atoms. The average Bonchev–Trinajstić information content (AvgIpc) is 2.65. The fourth-order valence-corrected chi connectivity index (χ4v) is 1.53. The Morgan fingerprint density at radius 2 is 2.33 bits per heavy atom. The van der Waals surface area contributed by atoms with E-state index in [0.717, 1.165) is 6.42 Å². The maximum Gasteiger partial charge on any atom is 0.303 e. The van der Waals surface area contributed by atoms with E-state index < -0.39 is 5.97 Å². The number of hydrogen-bond acceptors (Lipinski definition) is 3. The van der Waals surface area contributed by atoms with Crippen LogP contribution in [0.4, 0.5) is 0 Å². The van der Waals surface area contributed by atoms with E-state index in [1.165, 1.54) is 0 Å². The number of ether oxygens (including phenoxy) is 1. The van der Waals surface area contributed by atoms with Gasteiger partial charge in [-0.15, -0.1) is 0 Å². The molecular formula is C10H17NO4. The Hall–Kier alpha value is -1.10. The van der Waals surface area contributed by atoms with Gasteiger partial charge in [-0.05, 0) is 12.3 Å². The van der Waals surface area contributed by atoms with Crippen molar-refractivity contribution in [2.75, 3.05) is 19.8 Å². The second-order valence-corrected chi connectivity index (χ2v) is 4.01. The molecule has 1 fully saturated rings. The van der Waals surface area contributed by atoms with E-state index in [2.05, 4.69) is 5.32 Å². The van der Waals surface area contributed by atoms with Gasteiger partial charge in [-0.3, -0.25) is 9.59 Å². The SMILES string of the molecule is CC(CNC(=O)C1CCOC1)CC(=O)O. The Morgan fingerprint density at radius 1 is 1.60 bits per heavy atom. The molecule has 1 saturated heterocycles. The van der Waals surface area contributed by atoms with Crippen LogP contribution in [0.3, 0.4) is 0 Å². The lowest BCUT2D eigenvalue weighted by molar-refractivity contribution is -0.138. The van der Waals surface area contributed by atoms with Crippen molar-refractivity contribution in [3.63, 3.8) is 0 Å². The monoisotopic (exact) mass is 215 g/mol. The zero-order valence-corrected chi connectivity index (χ0v) is 8.86. The molecule has 5 nitrogen and oxygen atoms in total. The minimum atomic E-state index is -0.832. The summed E-state index contributed by atoms with van der Waals surface area (Å²) in [7, 11) is 0. The molecule has 0 radical (unpaired) electrons. The number of rotatable bonds is 5. The van der Waals surface area contributed by atoms with Gasteiger partial charge in [-0.2, -0.15) is 0 Å². The summed E-state index contributed by atoms with van der Waals surface area (Å²) < 4.78 is 5.09. The second kappa shape index (κ2) is 5.70. The molecular weight excluding hydrogens is 198 g/mol. The summed E-state index contributed by atoms with van der Waals surface area (Å²) in [6, 6.07) is 0. The highest BCUT2D eigenvalue weighted by Crippen LogP contribution is 2.12. The van der Waals surface area contributed by atoms with Crippen molar-refractivity contribution >= 4 is 11.9 Å². The summed E-state index contributed by atoms with van der Waals surface area (Å²) in [5, 5.41) is 11.3. The molecule has 1 amide bonds. The van der Waals surface area contributed by atoms with E-state index in [4.69, 9.17) is 9.84 Å². The van der Waals surface area contributed by atoms with Gasteiger partial charge in [0.15, 0.2) is 0 Å². The maximum atomic E-state index is 11.5. The number of amides is 1. The lowest BCUT2D eigenvalue weighted by Gasteiger charge is -2.12. The van der Waals surface area contributed by atoms with Crippen LogP contribution in [0, 0.1) is 11.8 Å². The molecule has 0 aromatic heterocycles. The summed E-state index contributed by atoms with van der Waals surface area (Å²) in [5.74, 6) is -0.943. The van der Waals surface area contributed by atoms with Crippen LogP contribution in [0.5, 0.6) is 0 Å². The second-order valence-electron chi connectivity index (χ2n) is 4.01. The van der Waals surface area contributed by atoms with Crippen molar-refractivity contribution in [1.29, 1.82) is 0 Å². The molecule has 1 heterocycles. The minimum absolute atomic E-state index is 0.0234. The van der Waals surface area contributed by atoms with Crippen molar-refractivity contribution in [3.05, 3.63) is 0 Å². The van der Waals surface area contributed by atoms with Crippen molar-refractivity contribution in [2.24, 2.45) is 11.8 Å². The molecule has 0 aromatic rings. The molecule has 5 heteroatoms. The molecule has 86 valence electrons. The van der Waals surface area contributed by atoms with Crippen LogP contribution in [0.15, 0.2) is 0 Å². The average molecular weight is 215 g/mol. The smallest absolute Gasteiger partial charge is 0.303 e. The number of carbonyl (C=O) groups is 2. The highest BCUT2D eigenvalue weighted by Gasteiger charge is 2.23. The van der Waals surface area contributed by atoms with Gasteiger partial charge in [0.05, 0.1) is 12.5 Å². The molecule has 2 unspecified atom stereocenters. The van der Waals surface area contributed by atoms with Crippen molar-refractivity contribution < 1.29 is 19.4 Å². The summed E-state index contributed by atoms with van der Waals surface area (Å²) in [4.78, 5) is 21.9. The van der Waals surface area contributed by atoms with E-state index in [9.17, 15) is 9.59 Å². The quantitative estimate of drug-likeness (QED) is 0.689. The number of carbonyl (C=O) groups excluding carboxylic acids is 1. The fourth-order valence-electron chi connectivity index (χ4n) is 1.53. The predicted molar refractivity (Wildman–Crippen MR) is 53.4 cm³/mol. The standard InChI is InChI=1S/C10H17NO4/c1-7(4-9(12)13)5-11-10(14)8-2-3-15-6-8/h7-8H,2-6H2,1H3,(H,11,14)(H,12,13). The zero-order chi connectivity index (χ0) is 11.3. The number of carboxylic acids is 1. The third kappa shape index (κ3) is 4.29. The largest absolute Gasteiger partial charge is 0.481 e. The Bertz CT molecular complexity index is 236. The highest BCUT2D eigenvalue weighted by molar-refractivity contribution is 5.79. The fraction of sp³-hybridized carbons (Fsp3) is 0.800. The number of aliphatic carboxylic acids is 1. The Balaban J connectivity index is 2.18. The van der Waals surface area contributed by atoms with Gasteiger partial charge < -0.3 is 15.2 Å². The first-order chi connectivity index (χ1) is 7.09. The van der Waals surface area contributed by atoms with Crippen molar-refractivity contribution in [2.45, 2.75) is 19.8 Å². The maximum absolute atomic E-state index is 11.5. The van der Waals surface area contributed by atoms with Crippen LogP contribution in [0.1, 0.15) is 19.8 Å². The van der Waals surface area contributed by atoms with Gasteiger partial charge in [0.1, 0.15) is 0 Å². The molecule has 2 N–H and O–H groups in total.